The van der Waals surface area contributed by atoms with Gasteiger partial charge < -0.3 is 23.8 Å². The molecule has 7 heteroatoms. The first-order chi connectivity index (χ1) is 13.1. The van der Waals surface area contributed by atoms with Crippen LogP contribution < -0.4 is 18.9 Å². The summed E-state index contributed by atoms with van der Waals surface area (Å²) in [6.07, 6.45) is 0.750. The molecule has 0 N–H and O–H groups in total. The van der Waals surface area contributed by atoms with Gasteiger partial charge in [0.05, 0.1) is 19.2 Å². The normalized spacial score (nSPS) is 15.1. The number of amides is 1. The van der Waals surface area contributed by atoms with Crippen molar-refractivity contribution in [3.63, 3.8) is 0 Å². The fourth-order valence-corrected chi connectivity index (χ4v) is 3.74. The van der Waals surface area contributed by atoms with E-state index in [4.69, 9.17) is 30.5 Å². The second-order valence-electron chi connectivity index (χ2n) is 6.43. The van der Waals surface area contributed by atoms with Gasteiger partial charge in [0.25, 0.3) is 5.91 Å². The minimum atomic E-state index is -0.0886. The van der Waals surface area contributed by atoms with E-state index in [1.165, 1.54) is 0 Å². The molecule has 2 aromatic carbocycles. The molecular formula is C20H20ClNO5. The fourth-order valence-electron chi connectivity index (χ4n) is 3.47. The largest absolute Gasteiger partial charge is 0.493 e. The van der Waals surface area contributed by atoms with E-state index in [-0.39, 0.29) is 5.91 Å². The molecule has 0 bridgehead atoms. The maximum atomic E-state index is 13.0. The van der Waals surface area contributed by atoms with Crippen LogP contribution in [0.3, 0.4) is 0 Å². The minimum absolute atomic E-state index is 0.0886. The quantitative estimate of drug-likeness (QED) is 0.806. The topological polar surface area (TPSA) is 57.2 Å². The Labute approximate surface area is 162 Å². The summed E-state index contributed by atoms with van der Waals surface area (Å²) in [5, 5.41) is 0.388. The molecule has 2 aromatic rings. The SMILES string of the molecule is COc1cc2c(cc1OC)CN(C(=O)c1cc(Cl)c3c(c1)OCCO3)CC2. The third-order valence-corrected chi connectivity index (χ3v) is 5.13. The molecule has 0 aromatic heterocycles. The predicted octanol–water partition coefficient (Wildman–Crippen LogP) is 3.33. The summed E-state index contributed by atoms with van der Waals surface area (Å²) in [7, 11) is 3.22. The number of halogens is 1. The Morgan fingerprint density at radius 3 is 2.48 bits per heavy atom. The molecule has 2 heterocycles. The monoisotopic (exact) mass is 389 g/mol. The molecule has 142 valence electrons. The molecule has 0 fully saturated rings. The van der Waals surface area contributed by atoms with E-state index in [2.05, 4.69) is 0 Å². The number of carbonyl (C=O) groups is 1. The van der Waals surface area contributed by atoms with E-state index < -0.39 is 0 Å². The molecule has 0 saturated heterocycles. The van der Waals surface area contributed by atoms with Gasteiger partial charge >= 0.3 is 0 Å². The highest BCUT2D eigenvalue weighted by atomic mass is 35.5. The second-order valence-corrected chi connectivity index (χ2v) is 6.84. The number of ether oxygens (including phenoxy) is 4. The first-order valence-corrected chi connectivity index (χ1v) is 9.10. The highest BCUT2D eigenvalue weighted by molar-refractivity contribution is 6.32. The highest BCUT2D eigenvalue weighted by Gasteiger charge is 2.26. The van der Waals surface area contributed by atoms with E-state index >= 15 is 0 Å². The first-order valence-electron chi connectivity index (χ1n) is 8.73. The van der Waals surface area contributed by atoms with Gasteiger partial charge in [-0.2, -0.15) is 0 Å². The van der Waals surface area contributed by atoms with Crippen LogP contribution in [0.4, 0.5) is 0 Å². The molecule has 6 nitrogen and oxygen atoms in total. The Kier molecular flexibility index (Phi) is 4.74. The zero-order chi connectivity index (χ0) is 19.0. The minimum Gasteiger partial charge on any atom is -0.493 e. The number of nitrogens with zero attached hydrogens (tertiary/aromatic N) is 1. The third kappa shape index (κ3) is 3.25. The molecule has 0 unspecified atom stereocenters. The van der Waals surface area contributed by atoms with Gasteiger partial charge in [-0.3, -0.25) is 4.79 Å². The van der Waals surface area contributed by atoms with Gasteiger partial charge in [0.2, 0.25) is 0 Å². The number of carbonyl (C=O) groups excluding carboxylic acids is 1. The van der Waals surface area contributed by atoms with Crippen LogP contribution in [-0.2, 0) is 13.0 Å². The van der Waals surface area contributed by atoms with Crippen molar-refractivity contribution in [1.29, 1.82) is 0 Å². The summed E-state index contributed by atoms with van der Waals surface area (Å²) in [4.78, 5) is 14.8. The molecular weight excluding hydrogens is 370 g/mol. The van der Waals surface area contributed by atoms with Gasteiger partial charge in [-0.05, 0) is 41.8 Å². The maximum absolute atomic E-state index is 13.0. The van der Waals surface area contributed by atoms with Crippen LogP contribution in [-0.4, -0.2) is 44.8 Å². The lowest BCUT2D eigenvalue weighted by molar-refractivity contribution is 0.0733. The summed E-state index contributed by atoms with van der Waals surface area (Å²) in [6, 6.07) is 7.26. The Bertz CT molecular complexity index is 898. The molecule has 2 aliphatic rings. The molecule has 0 radical (unpaired) electrons. The average Bonchev–Trinajstić information content (AvgIpc) is 2.71. The number of methoxy groups -OCH3 is 2. The maximum Gasteiger partial charge on any atom is 0.254 e. The van der Waals surface area contributed by atoms with Gasteiger partial charge in [-0.25, -0.2) is 0 Å². The van der Waals surface area contributed by atoms with E-state index in [0.29, 0.717) is 59.9 Å². The van der Waals surface area contributed by atoms with E-state index in [1.807, 2.05) is 12.1 Å². The standard InChI is InChI=1S/C20H20ClNO5/c1-24-16-8-12-3-4-22(11-14(12)10-17(16)25-2)20(23)13-7-15(21)19-18(9-13)26-5-6-27-19/h7-10H,3-6,11H2,1-2H3. The zero-order valence-corrected chi connectivity index (χ0v) is 16.0. The molecule has 0 aliphatic carbocycles. The van der Waals surface area contributed by atoms with E-state index in [9.17, 15) is 4.79 Å². The number of rotatable bonds is 3. The molecule has 1 amide bonds. The Morgan fingerprint density at radius 1 is 1.04 bits per heavy atom. The zero-order valence-electron chi connectivity index (χ0n) is 15.2. The van der Waals surface area contributed by atoms with Crippen molar-refractivity contribution in [3.05, 3.63) is 46.0 Å². The molecule has 0 saturated carbocycles. The second kappa shape index (κ2) is 7.19. The van der Waals surface area contributed by atoms with Crippen molar-refractivity contribution in [1.82, 2.24) is 4.90 Å². The smallest absolute Gasteiger partial charge is 0.254 e. The average molecular weight is 390 g/mol. The third-order valence-electron chi connectivity index (χ3n) is 4.85. The van der Waals surface area contributed by atoms with E-state index in [0.717, 1.165) is 17.5 Å². The van der Waals surface area contributed by atoms with Crippen molar-refractivity contribution in [2.75, 3.05) is 34.0 Å². The molecule has 0 spiro atoms. The number of hydrogen-bond acceptors (Lipinski definition) is 5. The van der Waals surface area contributed by atoms with Crippen LogP contribution in [0.2, 0.25) is 5.02 Å². The van der Waals surface area contributed by atoms with Crippen LogP contribution in [0, 0.1) is 0 Å². The Hall–Kier alpha value is -2.60. The summed E-state index contributed by atoms with van der Waals surface area (Å²) in [5.74, 6) is 2.29. The predicted molar refractivity (Wildman–Crippen MR) is 100 cm³/mol. The van der Waals surface area contributed by atoms with Crippen molar-refractivity contribution in [2.24, 2.45) is 0 Å². The van der Waals surface area contributed by atoms with Gasteiger partial charge in [0.1, 0.15) is 13.2 Å². The van der Waals surface area contributed by atoms with Gasteiger partial charge in [-0.15, -0.1) is 0 Å². The Morgan fingerprint density at radius 2 is 1.74 bits per heavy atom. The summed E-state index contributed by atoms with van der Waals surface area (Å²) < 4.78 is 21.9. The van der Waals surface area contributed by atoms with E-state index in [1.54, 1.807) is 31.3 Å². The van der Waals surface area contributed by atoms with Gasteiger partial charge in [0, 0.05) is 18.7 Å². The van der Waals surface area contributed by atoms with Gasteiger partial charge in [0.15, 0.2) is 23.0 Å². The summed E-state index contributed by atoms with van der Waals surface area (Å²) in [5.41, 5.74) is 2.71. The van der Waals surface area contributed by atoms with Crippen LogP contribution in [0.1, 0.15) is 21.5 Å². The van der Waals surface area contributed by atoms with Crippen molar-refractivity contribution in [2.45, 2.75) is 13.0 Å². The van der Waals surface area contributed by atoms with Crippen LogP contribution in [0.5, 0.6) is 23.0 Å². The van der Waals surface area contributed by atoms with Crippen LogP contribution in [0.15, 0.2) is 24.3 Å². The molecule has 4 rings (SSSR count). The Balaban J connectivity index is 1.60. The number of benzene rings is 2. The molecule has 27 heavy (non-hydrogen) atoms. The van der Waals surface area contributed by atoms with Crippen molar-refractivity contribution < 1.29 is 23.7 Å². The number of hydrogen-bond donors (Lipinski definition) is 0. The fraction of sp³-hybridized carbons (Fsp3) is 0.350. The molecule has 0 atom stereocenters. The van der Waals surface area contributed by atoms with Crippen LogP contribution in [0.25, 0.3) is 0 Å². The summed E-state index contributed by atoms with van der Waals surface area (Å²) in [6.45, 7) is 2.02. The number of fused-ring (bicyclic) bond motifs is 2. The van der Waals surface area contributed by atoms with Gasteiger partial charge in [-0.1, -0.05) is 11.6 Å². The highest BCUT2D eigenvalue weighted by Crippen LogP contribution is 2.39. The first kappa shape index (κ1) is 17.8. The summed E-state index contributed by atoms with van der Waals surface area (Å²) >= 11 is 6.28. The van der Waals surface area contributed by atoms with Crippen LogP contribution >= 0.6 is 11.6 Å². The lowest BCUT2D eigenvalue weighted by Gasteiger charge is -2.30. The molecule has 2 aliphatic heterocycles. The van der Waals surface area contributed by atoms with Crippen molar-refractivity contribution >= 4 is 17.5 Å². The lowest BCUT2D eigenvalue weighted by atomic mass is 9.98. The lowest BCUT2D eigenvalue weighted by Crippen LogP contribution is -2.36. The van der Waals surface area contributed by atoms with Crippen molar-refractivity contribution in [3.8, 4) is 23.0 Å².